The Kier molecular flexibility index (Phi) is 6.17. The van der Waals surface area contributed by atoms with Crippen LogP contribution >= 0.6 is 0 Å². The van der Waals surface area contributed by atoms with Crippen LogP contribution in [-0.2, 0) is 0 Å². The SMILES string of the molecule is CCC1CCCC(C(O)(CC(C)C)CC(C)C)C1. The van der Waals surface area contributed by atoms with Crippen molar-refractivity contribution in [3.8, 4) is 0 Å². The van der Waals surface area contributed by atoms with E-state index in [0.29, 0.717) is 17.8 Å². The Morgan fingerprint density at radius 2 is 1.61 bits per heavy atom. The van der Waals surface area contributed by atoms with E-state index in [-0.39, 0.29) is 0 Å². The van der Waals surface area contributed by atoms with E-state index >= 15 is 0 Å². The molecule has 108 valence electrons. The summed E-state index contributed by atoms with van der Waals surface area (Å²) in [5.74, 6) is 2.59. The number of rotatable bonds is 6. The van der Waals surface area contributed by atoms with Gasteiger partial charge < -0.3 is 5.11 Å². The van der Waals surface area contributed by atoms with Gasteiger partial charge in [-0.1, -0.05) is 53.9 Å². The summed E-state index contributed by atoms with van der Waals surface area (Å²) in [7, 11) is 0. The van der Waals surface area contributed by atoms with E-state index in [0.717, 1.165) is 18.8 Å². The van der Waals surface area contributed by atoms with Gasteiger partial charge in [0.05, 0.1) is 5.60 Å². The van der Waals surface area contributed by atoms with Crippen LogP contribution in [0, 0.1) is 23.7 Å². The lowest BCUT2D eigenvalue weighted by atomic mass is 9.67. The highest BCUT2D eigenvalue weighted by Crippen LogP contribution is 2.42. The molecule has 0 aromatic rings. The molecule has 18 heavy (non-hydrogen) atoms. The molecule has 2 atom stereocenters. The van der Waals surface area contributed by atoms with Gasteiger partial charge in [0.15, 0.2) is 0 Å². The van der Waals surface area contributed by atoms with Gasteiger partial charge in [0.25, 0.3) is 0 Å². The fourth-order valence-corrected chi connectivity index (χ4v) is 3.98. The van der Waals surface area contributed by atoms with Crippen LogP contribution in [-0.4, -0.2) is 10.7 Å². The smallest absolute Gasteiger partial charge is 0.0680 e. The van der Waals surface area contributed by atoms with Crippen LogP contribution < -0.4 is 0 Å². The summed E-state index contributed by atoms with van der Waals surface area (Å²) < 4.78 is 0. The fourth-order valence-electron chi connectivity index (χ4n) is 3.98. The van der Waals surface area contributed by atoms with Gasteiger partial charge in [-0.3, -0.25) is 0 Å². The molecule has 1 saturated carbocycles. The molecule has 0 aliphatic heterocycles. The summed E-state index contributed by atoms with van der Waals surface area (Å²) in [5.41, 5.74) is -0.407. The van der Waals surface area contributed by atoms with Crippen LogP contribution in [0.5, 0.6) is 0 Å². The predicted molar refractivity (Wildman–Crippen MR) is 79.6 cm³/mol. The number of hydrogen-bond acceptors (Lipinski definition) is 1. The molecule has 2 unspecified atom stereocenters. The first-order valence-electron chi connectivity index (χ1n) is 8.09. The molecule has 1 rings (SSSR count). The Hall–Kier alpha value is -0.0400. The minimum absolute atomic E-state index is 0.407. The molecule has 1 nitrogen and oxygen atoms in total. The third-order valence-electron chi connectivity index (χ3n) is 4.64. The summed E-state index contributed by atoms with van der Waals surface area (Å²) >= 11 is 0. The maximum atomic E-state index is 11.2. The maximum absolute atomic E-state index is 11.2. The van der Waals surface area contributed by atoms with E-state index in [1.807, 2.05) is 0 Å². The second-order valence-corrected chi connectivity index (χ2v) is 7.44. The average Bonchev–Trinajstić information content (AvgIpc) is 2.27. The van der Waals surface area contributed by atoms with Gasteiger partial charge in [-0.25, -0.2) is 0 Å². The largest absolute Gasteiger partial charge is 0.390 e. The van der Waals surface area contributed by atoms with Crippen LogP contribution in [0.2, 0.25) is 0 Å². The molecular formula is C17H34O. The van der Waals surface area contributed by atoms with Crippen molar-refractivity contribution in [2.75, 3.05) is 0 Å². The van der Waals surface area contributed by atoms with Gasteiger partial charge in [0.2, 0.25) is 0 Å². The topological polar surface area (TPSA) is 20.2 Å². The van der Waals surface area contributed by atoms with Gasteiger partial charge in [-0.05, 0) is 49.4 Å². The molecule has 0 aromatic carbocycles. The highest BCUT2D eigenvalue weighted by atomic mass is 16.3. The Balaban J connectivity index is 2.74. The van der Waals surface area contributed by atoms with Crippen molar-refractivity contribution in [3.05, 3.63) is 0 Å². The monoisotopic (exact) mass is 254 g/mol. The van der Waals surface area contributed by atoms with Crippen LogP contribution in [0.4, 0.5) is 0 Å². The number of hydrogen-bond donors (Lipinski definition) is 1. The Morgan fingerprint density at radius 3 is 2.06 bits per heavy atom. The van der Waals surface area contributed by atoms with E-state index in [4.69, 9.17) is 0 Å². The van der Waals surface area contributed by atoms with Crippen molar-refractivity contribution >= 4 is 0 Å². The summed E-state index contributed by atoms with van der Waals surface area (Å²) in [6, 6.07) is 0. The molecule has 1 fully saturated rings. The van der Waals surface area contributed by atoms with Gasteiger partial charge in [0.1, 0.15) is 0 Å². The van der Waals surface area contributed by atoms with E-state index in [9.17, 15) is 5.11 Å². The molecule has 0 heterocycles. The van der Waals surface area contributed by atoms with Crippen molar-refractivity contribution in [2.24, 2.45) is 23.7 Å². The van der Waals surface area contributed by atoms with Gasteiger partial charge >= 0.3 is 0 Å². The first-order chi connectivity index (χ1) is 8.37. The summed E-state index contributed by atoms with van der Waals surface area (Å²) in [5, 5.41) is 11.2. The van der Waals surface area contributed by atoms with Crippen LogP contribution in [0.3, 0.4) is 0 Å². The lowest BCUT2D eigenvalue weighted by Crippen LogP contribution is -2.42. The highest BCUT2D eigenvalue weighted by Gasteiger charge is 2.39. The minimum atomic E-state index is -0.407. The third kappa shape index (κ3) is 4.57. The van der Waals surface area contributed by atoms with E-state index in [1.54, 1.807) is 0 Å². The van der Waals surface area contributed by atoms with Crippen molar-refractivity contribution in [1.82, 2.24) is 0 Å². The third-order valence-corrected chi connectivity index (χ3v) is 4.64. The first kappa shape index (κ1) is 16.0. The number of aliphatic hydroxyl groups is 1. The molecule has 0 spiro atoms. The fraction of sp³-hybridized carbons (Fsp3) is 1.00. The Bertz CT molecular complexity index is 222. The van der Waals surface area contributed by atoms with Crippen LogP contribution in [0.1, 0.15) is 79.6 Å². The molecule has 0 aromatic heterocycles. The molecule has 0 radical (unpaired) electrons. The van der Waals surface area contributed by atoms with E-state index in [2.05, 4.69) is 34.6 Å². The first-order valence-corrected chi connectivity index (χ1v) is 8.09. The van der Waals surface area contributed by atoms with Crippen molar-refractivity contribution in [3.63, 3.8) is 0 Å². The zero-order valence-electron chi connectivity index (χ0n) is 13.2. The van der Waals surface area contributed by atoms with Gasteiger partial charge in [-0.2, -0.15) is 0 Å². The summed E-state index contributed by atoms with van der Waals surface area (Å²) in [6.45, 7) is 11.3. The molecule has 0 amide bonds. The van der Waals surface area contributed by atoms with Gasteiger partial charge in [0, 0.05) is 0 Å². The quantitative estimate of drug-likeness (QED) is 0.705. The van der Waals surface area contributed by atoms with E-state index in [1.165, 1.54) is 32.1 Å². The zero-order valence-corrected chi connectivity index (χ0v) is 13.2. The molecule has 0 bridgehead atoms. The summed E-state index contributed by atoms with van der Waals surface area (Å²) in [4.78, 5) is 0. The minimum Gasteiger partial charge on any atom is -0.390 e. The molecule has 1 N–H and O–H groups in total. The molecule has 0 saturated heterocycles. The van der Waals surface area contributed by atoms with Crippen molar-refractivity contribution < 1.29 is 5.11 Å². The predicted octanol–water partition coefficient (Wildman–Crippen LogP) is 5.03. The van der Waals surface area contributed by atoms with Crippen molar-refractivity contribution in [1.29, 1.82) is 0 Å². The molecular weight excluding hydrogens is 220 g/mol. The maximum Gasteiger partial charge on any atom is 0.0680 e. The highest BCUT2D eigenvalue weighted by molar-refractivity contribution is 4.91. The molecule has 1 aliphatic carbocycles. The van der Waals surface area contributed by atoms with Crippen LogP contribution in [0.15, 0.2) is 0 Å². The summed E-state index contributed by atoms with van der Waals surface area (Å²) in [6.07, 6.45) is 8.45. The lowest BCUT2D eigenvalue weighted by molar-refractivity contribution is -0.0710. The Morgan fingerprint density at radius 1 is 1.06 bits per heavy atom. The lowest BCUT2D eigenvalue weighted by Gasteiger charge is -2.43. The zero-order chi connectivity index (χ0) is 13.8. The van der Waals surface area contributed by atoms with Gasteiger partial charge in [-0.15, -0.1) is 0 Å². The molecule has 1 heteroatoms. The van der Waals surface area contributed by atoms with E-state index < -0.39 is 5.60 Å². The van der Waals surface area contributed by atoms with Crippen LogP contribution in [0.25, 0.3) is 0 Å². The normalized spacial score (nSPS) is 26.0. The Labute approximate surface area is 114 Å². The average molecular weight is 254 g/mol. The molecule has 1 aliphatic rings. The second kappa shape index (κ2) is 6.93. The standard InChI is InChI=1S/C17H34O/c1-6-15-8-7-9-16(10-15)17(18,11-13(2)3)12-14(4)5/h13-16,18H,6-12H2,1-5H3. The van der Waals surface area contributed by atoms with Crippen molar-refractivity contribution in [2.45, 2.75) is 85.2 Å². The second-order valence-electron chi connectivity index (χ2n) is 7.44.